The van der Waals surface area contributed by atoms with Crippen LogP contribution in [0.4, 0.5) is 0 Å². The van der Waals surface area contributed by atoms with E-state index in [1.54, 1.807) is 12.1 Å². The van der Waals surface area contributed by atoms with E-state index in [0.29, 0.717) is 11.3 Å². The Hall–Kier alpha value is -2.01. The monoisotopic (exact) mass is 206 g/mol. The molecule has 2 aromatic rings. The van der Waals surface area contributed by atoms with Crippen molar-refractivity contribution in [3.8, 4) is 5.75 Å². The molecule has 0 aliphatic heterocycles. The van der Waals surface area contributed by atoms with Crippen LogP contribution >= 0.6 is 0 Å². The van der Waals surface area contributed by atoms with Crippen LogP contribution in [-0.2, 0) is 0 Å². The van der Waals surface area contributed by atoms with E-state index in [-0.39, 0.29) is 11.4 Å². The number of aliphatic hydroxyl groups is 1. The highest BCUT2D eigenvalue weighted by molar-refractivity contribution is 5.31. The summed E-state index contributed by atoms with van der Waals surface area (Å²) in [6.45, 7) is 0. The summed E-state index contributed by atoms with van der Waals surface area (Å²) in [7, 11) is 0. The van der Waals surface area contributed by atoms with Crippen molar-refractivity contribution in [2.45, 2.75) is 6.10 Å². The van der Waals surface area contributed by atoms with Gasteiger partial charge in [0.25, 0.3) is 0 Å². The molecule has 5 nitrogen and oxygen atoms in total. The number of imidazole rings is 1. The van der Waals surface area contributed by atoms with Crippen molar-refractivity contribution in [1.82, 2.24) is 9.97 Å². The van der Waals surface area contributed by atoms with E-state index in [1.807, 2.05) is 0 Å². The molecular formula is C10H10N2O3. The average Bonchev–Trinajstić information content (AvgIpc) is 2.64. The highest BCUT2D eigenvalue weighted by Crippen LogP contribution is 2.22. The molecule has 0 saturated carbocycles. The van der Waals surface area contributed by atoms with Gasteiger partial charge in [-0.25, -0.2) is 4.79 Å². The number of aromatic amines is 2. The van der Waals surface area contributed by atoms with Crippen molar-refractivity contribution in [2.24, 2.45) is 0 Å². The van der Waals surface area contributed by atoms with E-state index in [9.17, 15) is 15.0 Å². The zero-order valence-corrected chi connectivity index (χ0v) is 7.77. The third-order valence-corrected chi connectivity index (χ3v) is 2.10. The Morgan fingerprint density at radius 3 is 2.73 bits per heavy atom. The van der Waals surface area contributed by atoms with Crippen LogP contribution < -0.4 is 5.69 Å². The minimum Gasteiger partial charge on any atom is -0.508 e. The number of benzene rings is 1. The SMILES string of the molecule is O=c1[nH]cc(C(O)c2cccc(O)c2)[nH]1. The highest BCUT2D eigenvalue weighted by atomic mass is 16.3. The third kappa shape index (κ3) is 1.92. The maximum absolute atomic E-state index is 10.8. The summed E-state index contributed by atoms with van der Waals surface area (Å²) < 4.78 is 0. The number of aromatic nitrogens is 2. The molecule has 0 saturated heterocycles. The number of aliphatic hydroxyl groups excluding tert-OH is 1. The lowest BCUT2D eigenvalue weighted by atomic mass is 10.1. The number of hydrogen-bond acceptors (Lipinski definition) is 3. The highest BCUT2D eigenvalue weighted by Gasteiger charge is 2.12. The Balaban J connectivity index is 2.36. The molecule has 1 heterocycles. The lowest BCUT2D eigenvalue weighted by Crippen LogP contribution is -2.05. The second-order valence-corrected chi connectivity index (χ2v) is 3.20. The van der Waals surface area contributed by atoms with Crippen LogP contribution in [0.3, 0.4) is 0 Å². The van der Waals surface area contributed by atoms with Crippen LogP contribution in [0.5, 0.6) is 5.75 Å². The Labute approximate surface area is 85.0 Å². The molecule has 0 bridgehead atoms. The zero-order chi connectivity index (χ0) is 10.8. The van der Waals surface area contributed by atoms with Gasteiger partial charge in [-0.15, -0.1) is 0 Å². The molecule has 0 spiro atoms. The molecule has 5 heteroatoms. The smallest absolute Gasteiger partial charge is 0.323 e. The molecule has 0 amide bonds. The predicted octanol–water partition coefficient (Wildman–Crippen LogP) is 0.490. The normalized spacial score (nSPS) is 12.6. The van der Waals surface area contributed by atoms with Crippen molar-refractivity contribution < 1.29 is 10.2 Å². The summed E-state index contributed by atoms with van der Waals surface area (Å²) in [6.07, 6.45) is 0.452. The number of H-pyrrole nitrogens is 2. The van der Waals surface area contributed by atoms with Crippen molar-refractivity contribution >= 4 is 0 Å². The molecule has 78 valence electrons. The molecule has 0 aliphatic rings. The van der Waals surface area contributed by atoms with Gasteiger partial charge >= 0.3 is 5.69 Å². The van der Waals surface area contributed by atoms with Crippen molar-refractivity contribution in [1.29, 1.82) is 0 Å². The summed E-state index contributed by atoms with van der Waals surface area (Å²) in [5.74, 6) is 0.0735. The summed E-state index contributed by atoms with van der Waals surface area (Å²) in [6, 6.07) is 6.24. The van der Waals surface area contributed by atoms with Gasteiger partial charge in [0.05, 0.1) is 5.69 Å². The van der Waals surface area contributed by atoms with Gasteiger partial charge in [0, 0.05) is 6.20 Å². The van der Waals surface area contributed by atoms with E-state index in [4.69, 9.17) is 0 Å². The fraction of sp³-hybridized carbons (Fsp3) is 0.100. The molecule has 1 atom stereocenters. The third-order valence-electron chi connectivity index (χ3n) is 2.10. The second kappa shape index (κ2) is 3.62. The maximum atomic E-state index is 10.8. The van der Waals surface area contributed by atoms with Crippen LogP contribution in [-0.4, -0.2) is 20.2 Å². The minimum absolute atomic E-state index is 0.0735. The molecular weight excluding hydrogens is 196 g/mol. The van der Waals surface area contributed by atoms with E-state index >= 15 is 0 Å². The van der Waals surface area contributed by atoms with Crippen molar-refractivity contribution in [3.63, 3.8) is 0 Å². The topological polar surface area (TPSA) is 89.1 Å². The first-order chi connectivity index (χ1) is 7.16. The quantitative estimate of drug-likeness (QED) is 0.576. The largest absolute Gasteiger partial charge is 0.508 e. The first kappa shape index (κ1) is 9.54. The molecule has 15 heavy (non-hydrogen) atoms. The predicted molar refractivity (Wildman–Crippen MR) is 53.6 cm³/mol. The van der Waals surface area contributed by atoms with Gasteiger partial charge in [-0.1, -0.05) is 12.1 Å². The second-order valence-electron chi connectivity index (χ2n) is 3.20. The van der Waals surface area contributed by atoms with Gasteiger partial charge in [0.15, 0.2) is 0 Å². The number of phenolic OH excluding ortho intramolecular Hbond substituents is 1. The van der Waals surface area contributed by atoms with Gasteiger partial charge in [-0.05, 0) is 17.7 Å². The van der Waals surface area contributed by atoms with E-state index < -0.39 is 6.10 Å². The summed E-state index contributed by atoms with van der Waals surface area (Å²) in [5.41, 5.74) is 0.514. The van der Waals surface area contributed by atoms with Crippen LogP contribution in [0.15, 0.2) is 35.3 Å². The average molecular weight is 206 g/mol. The molecule has 0 aliphatic carbocycles. The summed E-state index contributed by atoms with van der Waals surface area (Å²) in [5, 5.41) is 19.1. The van der Waals surface area contributed by atoms with E-state index in [1.165, 1.54) is 18.3 Å². The van der Waals surface area contributed by atoms with Crippen LogP contribution in [0, 0.1) is 0 Å². The van der Waals surface area contributed by atoms with Crippen molar-refractivity contribution in [2.75, 3.05) is 0 Å². The number of hydrogen-bond donors (Lipinski definition) is 4. The van der Waals surface area contributed by atoms with E-state index in [0.717, 1.165) is 0 Å². The number of phenols is 1. The van der Waals surface area contributed by atoms with Gasteiger partial charge in [-0.3, -0.25) is 0 Å². The molecule has 1 aromatic carbocycles. The van der Waals surface area contributed by atoms with Crippen molar-refractivity contribution in [3.05, 3.63) is 52.2 Å². The van der Waals surface area contributed by atoms with Gasteiger partial charge < -0.3 is 20.2 Å². The molecule has 1 aromatic heterocycles. The van der Waals surface area contributed by atoms with Crippen LogP contribution in [0.25, 0.3) is 0 Å². The van der Waals surface area contributed by atoms with Crippen LogP contribution in [0.1, 0.15) is 17.4 Å². The Kier molecular flexibility index (Phi) is 2.31. The standard InChI is InChI=1S/C10H10N2O3/c13-7-3-1-2-6(4-7)9(14)8-5-11-10(15)12-8/h1-5,9,13-14H,(H2,11,12,15). The summed E-state index contributed by atoms with van der Waals surface area (Å²) >= 11 is 0. The fourth-order valence-electron chi connectivity index (χ4n) is 1.37. The molecule has 0 fully saturated rings. The first-order valence-corrected chi connectivity index (χ1v) is 4.41. The molecule has 0 radical (unpaired) electrons. The number of rotatable bonds is 2. The zero-order valence-electron chi connectivity index (χ0n) is 7.77. The number of nitrogens with one attached hydrogen (secondary N) is 2. The van der Waals surface area contributed by atoms with E-state index in [2.05, 4.69) is 9.97 Å². The number of aromatic hydroxyl groups is 1. The van der Waals surface area contributed by atoms with Gasteiger partial charge in [0.2, 0.25) is 0 Å². The Bertz CT molecular complexity index is 515. The first-order valence-electron chi connectivity index (χ1n) is 4.41. The fourth-order valence-corrected chi connectivity index (χ4v) is 1.37. The molecule has 4 N–H and O–H groups in total. The lowest BCUT2D eigenvalue weighted by molar-refractivity contribution is 0.215. The lowest BCUT2D eigenvalue weighted by Gasteiger charge is -2.08. The molecule has 2 rings (SSSR count). The minimum atomic E-state index is -0.948. The molecule has 1 unspecified atom stereocenters. The van der Waals surface area contributed by atoms with Crippen LogP contribution in [0.2, 0.25) is 0 Å². The Morgan fingerprint density at radius 2 is 2.13 bits per heavy atom. The maximum Gasteiger partial charge on any atom is 0.323 e. The summed E-state index contributed by atoms with van der Waals surface area (Å²) in [4.78, 5) is 15.7. The van der Waals surface area contributed by atoms with Gasteiger partial charge in [-0.2, -0.15) is 0 Å². The Morgan fingerprint density at radius 1 is 1.33 bits per heavy atom. The van der Waals surface area contributed by atoms with Gasteiger partial charge in [0.1, 0.15) is 11.9 Å².